The first-order valence-electron chi connectivity index (χ1n) is 10.5. The molecule has 1 N–H and O–H groups in total. The van der Waals surface area contributed by atoms with Crippen molar-refractivity contribution in [3.63, 3.8) is 0 Å². The van der Waals surface area contributed by atoms with Gasteiger partial charge in [-0.1, -0.05) is 30.2 Å². The molecule has 1 amide bonds. The summed E-state index contributed by atoms with van der Waals surface area (Å²) in [7, 11) is 1.58. The lowest BCUT2D eigenvalue weighted by molar-refractivity contribution is -0.120. The van der Waals surface area contributed by atoms with Gasteiger partial charge in [-0.25, -0.2) is 4.68 Å². The molecule has 0 bridgehead atoms. The summed E-state index contributed by atoms with van der Waals surface area (Å²) in [5.41, 5.74) is 3.09. The molecule has 32 heavy (non-hydrogen) atoms. The van der Waals surface area contributed by atoms with Crippen LogP contribution in [0.1, 0.15) is 24.5 Å². The van der Waals surface area contributed by atoms with Crippen LogP contribution in [0.3, 0.4) is 0 Å². The maximum atomic E-state index is 12.8. The molecule has 2 heterocycles. The van der Waals surface area contributed by atoms with Gasteiger partial charge in [-0.05, 0) is 68.5 Å². The van der Waals surface area contributed by atoms with Gasteiger partial charge in [0.1, 0.15) is 0 Å². The minimum atomic E-state index is -0.0857. The number of hydrogen-bond donors (Lipinski definition) is 1. The molecular formula is C22H25BrN6O3. The highest BCUT2D eigenvalue weighted by atomic mass is 79.9. The number of carbonyl (C=O) groups excluding carboxylic acids is 1. The van der Waals surface area contributed by atoms with Crippen molar-refractivity contribution in [2.24, 2.45) is 0 Å². The fraction of sp³-hybridized carbons (Fsp3) is 0.364. The quantitative estimate of drug-likeness (QED) is 0.480. The molecule has 9 nitrogen and oxygen atoms in total. The molecule has 1 aromatic heterocycles. The number of tetrazole rings is 1. The van der Waals surface area contributed by atoms with Crippen molar-refractivity contribution in [3.8, 4) is 11.5 Å². The van der Waals surface area contributed by atoms with Gasteiger partial charge in [0, 0.05) is 25.3 Å². The monoisotopic (exact) mass is 500 g/mol. The summed E-state index contributed by atoms with van der Waals surface area (Å²) in [6.07, 6.45) is 1.80. The largest absolute Gasteiger partial charge is 0.493 e. The van der Waals surface area contributed by atoms with Crippen LogP contribution >= 0.6 is 15.9 Å². The number of amides is 1. The number of halogens is 1. The maximum absolute atomic E-state index is 12.8. The van der Waals surface area contributed by atoms with Gasteiger partial charge in [-0.2, -0.15) is 0 Å². The number of aryl methyl sites for hydroxylation is 1. The normalized spacial score (nSPS) is 12.5. The molecule has 0 spiro atoms. The molecule has 0 fully saturated rings. The molecule has 0 unspecified atom stereocenters. The number of methoxy groups -OCH3 is 1. The van der Waals surface area contributed by atoms with Crippen molar-refractivity contribution in [2.75, 3.05) is 30.5 Å². The topological polar surface area (TPSA) is 94.4 Å². The second-order valence-electron chi connectivity index (χ2n) is 7.40. The van der Waals surface area contributed by atoms with E-state index in [1.807, 2.05) is 30.3 Å². The van der Waals surface area contributed by atoms with E-state index in [0.29, 0.717) is 35.0 Å². The number of benzene rings is 2. The Labute approximate surface area is 194 Å². The van der Waals surface area contributed by atoms with Gasteiger partial charge in [-0.3, -0.25) is 4.79 Å². The summed E-state index contributed by atoms with van der Waals surface area (Å²) in [6, 6.07) is 11.8. The number of aromatic nitrogens is 4. The fourth-order valence-corrected chi connectivity index (χ4v) is 4.30. The van der Waals surface area contributed by atoms with Crippen molar-refractivity contribution in [1.29, 1.82) is 0 Å². The Hall–Kier alpha value is -3.14. The minimum absolute atomic E-state index is 0.0767. The smallest absolute Gasteiger partial charge is 0.264 e. The van der Waals surface area contributed by atoms with E-state index in [0.717, 1.165) is 30.6 Å². The number of anilines is 2. The molecule has 10 heteroatoms. The molecular weight excluding hydrogens is 476 g/mol. The summed E-state index contributed by atoms with van der Waals surface area (Å²) in [5, 5.41) is 14.9. The van der Waals surface area contributed by atoms with Crippen molar-refractivity contribution >= 4 is 33.5 Å². The molecule has 0 saturated carbocycles. The number of hydrogen-bond acceptors (Lipinski definition) is 7. The van der Waals surface area contributed by atoms with Crippen LogP contribution in [0.25, 0.3) is 0 Å². The van der Waals surface area contributed by atoms with E-state index in [-0.39, 0.29) is 12.5 Å². The predicted molar refractivity (Wildman–Crippen MR) is 124 cm³/mol. The van der Waals surface area contributed by atoms with Crippen LogP contribution in [0, 0.1) is 0 Å². The highest BCUT2D eigenvalue weighted by Gasteiger charge is 2.25. The number of carbonyl (C=O) groups is 1. The first-order valence-corrected chi connectivity index (χ1v) is 11.3. The van der Waals surface area contributed by atoms with Gasteiger partial charge >= 0.3 is 0 Å². The third kappa shape index (κ3) is 4.69. The van der Waals surface area contributed by atoms with Crippen LogP contribution in [0.5, 0.6) is 11.5 Å². The lowest BCUT2D eigenvalue weighted by Gasteiger charge is -2.19. The third-order valence-corrected chi connectivity index (χ3v) is 5.82. The average Bonchev–Trinajstić information content (AvgIpc) is 3.43. The summed E-state index contributed by atoms with van der Waals surface area (Å²) >= 11 is 3.55. The summed E-state index contributed by atoms with van der Waals surface area (Å²) in [4.78, 5) is 14.6. The van der Waals surface area contributed by atoms with Crippen LogP contribution in [-0.2, 0) is 24.3 Å². The van der Waals surface area contributed by atoms with Crippen molar-refractivity contribution in [2.45, 2.75) is 32.9 Å². The second-order valence-corrected chi connectivity index (χ2v) is 8.26. The molecule has 0 saturated heterocycles. The lowest BCUT2D eigenvalue weighted by Crippen LogP contribution is -2.33. The van der Waals surface area contributed by atoms with Gasteiger partial charge in [0.2, 0.25) is 5.95 Å². The van der Waals surface area contributed by atoms with Crippen LogP contribution in [-0.4, -0.2) is 46.4 Å². The summed E-state index contributed by atoms with van der Waals surface area (Å²) < 4.78 is 13.8. The molecule has 3 aromatic rings. The second kappa shape index (κ2) is 9.99. The van der Waals surface area contributed by atoms with Gasteiger partial charge < -0.3 is 19.7 Å². The number of nitrogens with zero attached hydrogens (tertiary/aromatic N) is 5. The predicted octanol–water partition coefficient (Wildman–Crippen LogP) is 3.43. The van der Waals surface area contributed by atoms with Gasteiger partial charge in [-0.15, -0.1) is 0 Å². The van der Waals surface area contributed by atoms with Gasteiger partial charge in [0.15, 0.2) is 18.1 Å². The van der Waals surface area contributed by atoms with Crippen LogP contribution in [0.15, 0.2) is 40.9 Å². The summed E-state index contributed by atoms with van der Waals surface area (Å²) in [5.74, 6) is 1.56. The van der Waals surface area contributed by atoms with E-state index < -0.39 is 0 Å². The molecule has 1 aliphatic rings. The maximum Gasteiger partial charge on any atom is 0.264 e. The minimum Gasteiger partial charge on any atom is -0.493 e. The average molecular weight is 501 g/mol. The van der Waals surface area contributed by atoms with Gasteiger partial charge in [0.05, 0.1) is 11.6 Å². The Balaban J connectivity index is 1.42. The number of rotatable bonds is 9. The lowest BCUT2D eigenvalue weighted by atomic mass is 10.2. The SMILES string of the molecule is CCCn1nnnc1NCc1cc(Br)c(OCC(=O)N2CCc3ccccc32)c(OC)c1. The molecule has 168 valence electrons. The number of para-hydroxylation sites is 1. The Morgan fingerprint density at radius 2 is 2.12 bits per heavy atom. The molecule has 0 aliphatic carbocycles. The van der Waals surface area contributed by atoms with E-state index in [1.165, 1.54) is 5.56 Å². The van der Waals surface area contributed by atoms with Crippen LogP contribution < -0.4 is 19.7 Å². The third-order valence-electron chi connectivity index (χ3n) is 5.24. The molecule has 0 atom stereocenters. The Morgan fingerprint density at radius 3 is 2.94 bits per heavy atom. The van der Waals surface area contributed by atoms with Gasteiger partial charge in [0.25, 0.3) is 5.91 Å². The van der Waals surface area contributed by atoms with E-state index in [9.17, 15) is 4.79 Å². The van der Waals surface area contributed by atoms with E-state index >= 15 is 0 Å². The van der Waals surface area contributed by atoms with Crippen LogP contribution in [0.2, 0.25) is 0 Å². The zero-order valence-electron chi connectivity index (χ0n) is 18.0. The molecule has 4 rings (SSSR count). The molecule has 0 radical (unpaired) electrons. The zero-order valence-corrected chi connectivity index (χ0v) is 19.6. The van der Waals surface area contributed by atoms with Crippen molar-refractivity contribution < 1.29 is 14.3 Å². The van der Waals surface area contributed by atoms with Crippen LogP contribution in [0.4, 0.5) is 11.6 Å². The van der Waals surface area contributed by atoms with E-state index in [2.05, 4.69) is 49.8 Å². The first kappa shape index (κ1) is 22.1. The molecule has 2 aromatic carbocycles. The number of ether oxygens (including phenoxy) is 2. The Kier molecular flexibility index (Phi) is 6.89. The Morgan fingerprint density at radius 1 is 1.28 bits per heavy atom. The highest BCUT2D eigenvalue weighted by molar-refractivity contribution is 9.10. The number of nitrogens with one attached hydrogen (secondary N) is 1. The van der Waals surface area contributed by atoms with Crippen molar-refractivity contribution in [3.05, 3.63) is 52.0 Å². The fourth-order valence-electron chi connectivity index (χ4n) is 3.70. The first-order chi connectivity index (χ1) is 15.6. The zero-order chi connectivity index (χ0) is 22.5. The number of fused-ring (bicyclic) bond motifs is 1. The standard InChI is InChI=1S/C22H25BrN6O3/c1-3-9-29-22(25-26-27-29)24-13-15-11-17(23)21(19(12-15)31-2)32-14-20(30)28-10-8-16-6-4-5-7-18(16)28/h4-7,11-12H,3,8-10,13-14H2,1-2H3,(H,24,25,27). The molecule has 1 aliphatic heterocycles. The van der Waals surface area contributed by atoms with E-state index in [1.54, 1.807) is 16.7 Å². The summed E-state index contributed by atoms with van der Waals surface area (Å²) in [6.45, 7) is 3.90. The highest BCUT2D eigenvalue weighted by Crippen LogP contribution is 2.37. The Bertz CT molecular complexity index is 1100. The van der Waals surface area contributed by atoms with Crippen molar-refractivity contribution in [1.82, 2.24) is 20.2 Å². The van der Waals surface area contributed by atoms with E-state index in [4.69, 9.17) is 9.47 Å².